The van der Waals surface area contributed by atoms with Crippen LogP contribution in [0.4, 0.5) is 0 Å². The fourth-order valence-electron chi connectivity index (χ4n) is 3.29. The highest BCUT2D eigenvalue weighted by atomic mass is 32.2. The Bertz CT molecular complexity index is 938. The minimum atomic E-state index is -2.96. The lowest BCUT2D eigenvalue weighted by Crippen LogP contribution is -2.49. The number of rotatable bonds is 4. The maximum absolute atomic E-state index is 12.9. The molecule has 0 radical (unpaired) electrons. The Hall–Kier alpha value is -1.86. The summed E-state index contributed by atoms with van der Waals surface area (Å²) in [5.41, 5.74) is 3.96. The Morgan fingerprint density at radius 3 is 2.31 bits per heavy atom. The Morgan fingerprint density at radius 1 is 1.08 bits per heavy atom. The Morgan fingerprint density at radius 2 is 1.69 bits per heavy atom. The molecule has 1 aromatic heterocycles. The van der Waals surface area contributed by atoms with E-state index in [0.29, 0.717) is 38.5 Å². The molecule has 6 nitrogen and oxygen atoms in total. The number of amides is 1. The van der Waals surface area contributed by atoms with Crippen LogP contribution in [0, 0.1) is 20.8 Å². The molecule has 1 saturated heterocycles. The Labute approximate surface area is 154 Å². The van der Waals surface area contributed by atoms with Crippen LogP contribution < -0.4 is 0 Å². The van der Waals surface area contributed by atoms with Crippen LogP contribution in [0.5, 0.6) is 0 Å². The lowest BCUT2D eigenvalue weighted by atomic mass is 10.0. The van der Waals surface area contributed by atoms with Crippen LogP contribution in [0.15, 0.2) is 16.5 Å². The molecule has 1 aliphatic rings. The molecule has 1 aliphatic heterocycles. The second kappa shape index (κ2) is 7.04. The lowest BCUT2D eigenvalue weighted by Gasteiger charge is -2.34. The zero-order valence-electron chi connectivity index (χ0n) is 15.8. The highest BCUT2D eigenvalue weighted by Crippen LogP contribution is 2.29. The number of benzene rings is 1. The normalized spacial score (nSPS) is 16.4. The van der Waals surface area contributed by atoms with E-state index in [1.165, 1.54) is 11.8 Å². The molecule has 3 rings (SSSR count). The van der Waals surface area contributed by atoms with Gasteiger partial charge in [0, 0.05) is 49.9 Å². The highest BCUT2D eigenvalue weighted by molar-refractivity contribution is 7.90. The van der Waals surface area contributed by atoms with E-state index < -0.39 is 9.84 Å². The van der Waals surface area contributed by atoms with Gasteiger partial charge in [-0.2, -0.15) is 0 Å². The summed E-state index contributed by atoms with van der Waals surface area (Å²) < 4.78 is 28.5. The van der Waals surface area contributed by atoms with Gasteiger partial charge in [-0.3, -0.25) is 9.69 Å². The number of fused-ring (bicyclic) bond motifs is 1. The molecule has 1 amide bonds. The summed E-state index contributed by atoms with van der Waals surface area (Å²) in [7, 11) is -2.96. The fraction of sp³-hybridized carbons (Fsp3) is 0.526. The van der Waals surface area contributed by atoms with Crippen LogP contribution in [0.25, 0.3) is 11.0 Å². The molecular formula is C19H26N2O4S. The zero-order chi connectivity index (χ0) is 19.1. The van der Waals surface area contributed by atoms with Gasteiger partial charge in [-0.1, -0.05) is 0 Å². The van der Waals surface area contributed by atoms with Crippen LogP contribution in [-0.2, 0) is 9.84 Å². The first kappa shape index (κ1) is 18.9. The predicted octanol–water partition coefficient (Wildman–Crippen LogP) is 2.16. The van der Waals surface area contributed by atoms with Gasteiger partial charge >= 0.3 is 0 Å². The SMILES string of the molecule is Cc1cc2oc(C(=O)N3CCN(CCS(C)(=O)=O)CC3)c(C)c2cc1C. The summed E-state index contributed by atoms with van der Waals surface area (Å²) >= 11 is 0. The first-order chi connectivity index (χ1) is 12.2. The van der Waals surface area contributed by atoms with E-state index in [1.807, 2.05) is 19.9 Å². The number of hydrogen-bond donors (Lipinski definition) is 0. The van der Waals surface area contributed by atoms with Gasteiger partial charge in [0.15, 0.2) is 5.76 Å². The number of aryl methyl sites for hydroxylation is 3. The molecule has 7 heteroatoms. The summed E-state index contributed by atoms with van der Waals surface area (Å²) in [5.74, 6) is 0.480. The minimum absolute atomic E-state index is 0.0863. The van der Waals surface area contributed by atoms with Crippen molar-refractivity contribution in [3.63, 3.8) is 0 Å². The van der Waals surface area contributed by atoms with Crippen molar-refractivity contribution in [3.05, 3.63) is 34.6 Å². The zero-order valence-corrected chi connectivity index (χ0v) is 16.6. The summed E-state index contributed by atoms with van der Waals surface area (Å²) in [5, 5.41) is 0.989. The largest absolute Gasteiger partial charge is 0.451 e. The van der Waals surface area contributed by atoms with Gasteiger partial charge in [-0.15, -0.1) is 0 Å². The second-order valence-electron chi connectivity index (χ2n) is 7.25. The number of sulfone groups is 1. The molecule has 0 aliphatic carbocycles. The summed E-state index contributed by atoms with van der Waals surface area (Å²) in [6.07, 6.45) is 1.25. The maximum Gasteiger partial charge on any atom is 0.289 e. The van der Waals surface area contributed by atoms with Crippen LogP contribution in [0.2, 0.25) is 0 Å². The number of hydrogen-bond acceptors (Lipinski definition) is 5. The molecule has 26 heavy (non-hydrogen) atoms. The van der Waals surface area contributed by atoms with E-state index in [2.05, 4.69) is 17.9 Å². The quantitative estimate of drug-likeness (QED) is 0.815. The smallest absolute Gasteiger partial charge is 0.289 e. The average molecular weight is 378 g/mol. The number of nitrogens with zero attached hydrogens (tertiary/aromatic N) is 2. The fourth-order valence-corrected chi connectivity index (χ4v) is 3.88. The highest BCUT2D eigenvalue weighted by Gasteiger charge is 2.27. The van der Waals surface area contributed by atoms with E-state index in [4.69, 9.17) is 4.42 Å². The number of furan rings is 1. The van der Waals surface area contributed by atoms with E-state index in [0.717, 1.165) is 22.1 Å². The second-order valence-corrected chi connectivity index (χ2v) is 9.51. The average Bonchev–Trinajstić information content (AvgIpc) is 2.89. The van der Waals surface area contributed by atoms with Crippen molar-refractivity contribution in [3.8, 4) is 0 Å². The molecule has 0 saturated carbocycles. The van der Waals surface area contributed by atoms with Crippen molar-refractivity contribution < 1.29 is 17.6 Å². The molecule has 1 aromatic carbocycles. The number of carbonyl (C=O) groups is 1. The van der Waals surface area contributed by atoms with Crippen molar-refractivity contribution in [2.24, 2.45) is 0 Å². The van der Waals surface area contributed by atoms with Gasteiger partial charge < -0.3 is 9.32 Å². The molecule has 0 bridgehead atoms. The van der Waals surface area contributed by atoms with E-state index in [9.17, 15) is 13.2 Å². The molecule has 0 spiro atoms. The third-order valence-corrected chi connectivity index (χ3v) is 6.11. The summed E-state index contributed by atoms with van der Waals surface area (Å²) in [6, 6.07) is 4.06. The molecule has 142 valence electrons. The molecule has 1 fully saturated rings. The first-order valence-electron chi connectivity index (χ1n) is 8.85. The molecule has 0 unspecified atom stereocenters. The van der Waals surface area contributed by atoms with Crippen LogP contribution >= 0.6 is 0 Å². The molecule has 0 N–H and O–H groups in total. The molecule has 0 atom stereocenters. The number of piperazine rings is 1. The monoisotopic (exact) mass is 378 g/mol. The molecule has 2 heterocycles. The van der Waals surface area contributed by atoms with Crippen molar-refractivity contribution >= 4 is 26.7 Å². The van der Waals surface area contributed by atoms with Gasteiger partial charge in [-0.05, 0) is 44.0 Å². The van der Waals surface area contributed by atoms with Gasteiger partial charge in [0.25, 0.3) is 5.91 Å². The van der Waals surface area contributed by atoms with Gasteiger partial charge in [0.05, 0.1) is 5.75 Å². The summed E-state index contributed by atoms with van der Waals surface area (Å²) in [6.45, 7) is 9.05. The van der Waals surface area contributed by atoms with Crippen LogP contribution in [-0.4, -0.2) is 68.9 Å². The third kappa shape index (κ3) is 3.94. The van der Waals surface area contributed by atoms with Gasteiger partial charge in [-0.25, -0.2) is 8.42 Å². The van der Waals surface area contributed by atoms with Gasteiger partial charge in [0.2, 0.25) is 0 Å². The number of carbonyl (C=O) groups excluding carboxylic acids is 1. The van der Waals surface area contributed by atoms with Crippen molar-refractivity contribution in [2.75, 3.05) is 44.7 Å². The summed E-state index contributed by atoms with van der Waals surface area (Å²) in [4.78, 5) is 16.8. The predicted molar refractivity (Wildman–Crippen MR) is 102 cm³/mol. The van der Waals surface area contributed by atoms with E-state index in [-0.39, 0.29) is 11.7 Å². The van der Waals surface area contributed by atoms with Crippen LogP contribution in [0.3, 0.4) is 0 Å². The van der Waals surface area contributed by atoms with Crippen molar-refractivity contribution in [1.82, 2.24) is 9.80 Å². The molecule has 2 aromatic rings. The lowest BCUT2D eigenvalue weighted by molar-refractivity contribution is 0.0614. The topological polar surface area (TPSA) is 70.8 Å². The third-order valence-electron chi connectivity index (χ3n) is 5.18. The van der Waals surface area contributed by atoms with Crippen molar-refractivity contribution in [2.45, 2.75) is 20.8 Å². The van der Waals surface area contributed by atoms with E-state index >= 15 is 0 Å². The Balaban J connectivity index is 1.71. The van der Waals surface area contributed by atoms with E-state index in [1.54, 1.807) is 4.90 Å². The maximum atomic E-state index is 12.9. The molecular weight excluding hydrogens is 352 g/mol. The Kier molecular flexibility index (Phi) is 5.12. The standard InChI is InChI=1S/C19H26N2O4S/c1-13-11-16-15(3)18(25-17(16)12-14(13)2)19(22)21-7-5-20(6-8-21)9-10-26(4,23)24/h11-12H,5-10H2,1-4H3. The van der Waals surface area contributed by atoms with Crippen LogP contribution in [0.1, 0.15) is 27.2 Å². The first-order valence-corrected chi connectivity index (χ1v) is 10.9. The minimum Gasteiger partial charge on any atom is -0.451 e. The van der Waals surface area contributed by atoms with Crippen molar-refractivity contribution in [1.29, 1.82) is 0 Å². The van der Waals surface area contributed by atoms with Gasteiger partial charge in [0.1, 0.15) is 15.4 Å².